The lowest BCUT2D eigenvalue weighted by atomic mass is 9.85. The lowest BCUT2D eigenvalue weighted by molar-refractivity contribution is -0.144. The van der Waals surface area contributed by atoms with E-state index in [1.54, 1.807) is 17.4 Å². The van der Waals surface area contributed by atoms with Gasteiger partial charge in [-0.3, -0.25) is 24.0 Å². The number of primary amides is 1. The molecule has 0 spiro atoms. The van der Waals surface area contributed by atoms with E-state index in [0.29, 0.717) is 24.9 Å². The molecule has 1 fully saturated rings. The molecular weight excluding hydrogens is 695 g/mol. The van der Waals surface area contributed by atoms with Gasteiger partial charge in [0.05, 0.1) is 34.3 Å². The quantitative estimate of drug-likeness (QED) is 0.119. The molecule has 0 bridgehead atoms. The molecule has 0 radical (unpaired) electrons. The van der Waals surface area contributed by atoms with E-state index in [1.807, 2.05) is 82.6 Å². The first-order valence-electron chi connectivity index (χ1n) is 18.1. The zero-order chi connectivity index (χ0) is 38.9. The molecule has 0 aliphatic carbocycles. The number of hydrogen-bond donors (Lipinski definition) is 6. The summed E-state index contributed by atoms with van der Waals surface area (Å²) in [7, 11) is 0. The van der Waals surface area contributed by atoms with Gasteiger partial charge in [-0.15, -0.1) is 11.3 Å². The number of nitrogens with zero attached hydrogens (tertiary/aromatic N) is 2. The maximum Gasteiger partial charge on any atom is 0.246 e. The van der Waals surface area contributed by atoms with Crippen LogP contribution >= 0.6 is 11.3 Å². The molecule has 2 heterocycles. The normalized spacial score (nSPS) is 17.5. The van der Waals surface area contributed by atoms with Crippen molar-refractivity contribution < 1.29 is 29.1 Å². The molecule has 53 heavy (non-hydrogen) atoms. The Morgan fingerprint density at radius 2 is 1.75 bits per heavy atom. The van der Waals surface area contributed by atoms with Gasteiger partial charge in [-0.1, -0.05) is 57.2 Å². The average molecular weight is 748 g/mol. The predicted octanol–water partition coefficient (Wildman–Crippen LogP) is 3.73. The summed E-state index contributed by atoms with van der Waals surface area (Å²) < 4.78 is 0. The fourth-order valence-corrected chi connectivity index (χ4v) is 7.14. The molecule has 1 saturated heterocycles. The zero-order valence-electron chi connectivity index (χ0n) is 31.2. The summed E-state index contributed by atoms with van der Waals surface area (Å²) in [5.74, 6) is -1.98. The first-order chi connectivity index (χ1) is 25.0. The monoisotopic (exact) mass is 747 g/mol. The van der Waals surface area contributed by atoms with Gasteiger partial charge in [0.15, 0.2) is 0 Å². The van der Waals surface area contributed by atoms with E-state index >= 15 is 0 Å². The van der Waals surface area contributed by atoms with Crippen LogP contribution in [0.25, 0.3) is 10.4 Å². The number of carbonyl (C=O) groups is 5. The standard InChI is InChI=1S/C39H53N7O6S/c1-23(26-13-15-27(16-14-26)34-24(2)42-22-53-34)43-37(51)31-20-29(47)21-46(31)38(52)35(39(3,4)5)45-33(49)12-7-6-9-25-10-8-11-28(19-25)44-36(50)30(40)17-18-32(41)48/h8,10-11,13-16,19,22-23,29-31,35,47H,6-7,9,12,17-18,20-21,40H2,1-5H3,(H2,41,48)(H,43,51)(H,44,50)(H,45,49)/t23-,29+,30-,31-,35+/m0/s1. The third-order valence-electron chi connectivity index (χ3n) is 9.41. The van der Waals surface area contributed by atoms with Crippen LogP contribution in [0.1, 0.15) is 89.1 Å². The minimum Gasteiger partial charge on any atom is -0.391 e. The van der Waals surface area contributed by atoms with Gasteiger partial charge < -0.3 is 37.4 Å². The number of carbonyl (C=O) groups excluding carboxylic acids is 5. The number of nitrogens with one attached hydrogen (secondary N) is 3. The molecule has 1 aliphatic heterocycles. The van der Waals surface area contributed by atoms with Crippen molar-refractivity contribution in [3.63, 3.8) is 0 Å². The van der Waals surface area contributed by atoms with Gasteiger partial charge >= 0.3 is 0 Å². The Labute approximate surface area is 315 Å². The average Bonchev–Trinajstić information content (AvgIpc) is 3.72. The zero-order valence-corrected chi connectivity index (χ0v) is 32.0. The lowest BCUT2D eigenvalue weighted by Gasteiger charge is -2.35. The first kappa shape index (κ1) is 41.1. The van der Waals surface area contributed by atoms with Gasteiger partial charge in [0, 0.05) is 31.5 Å². The minimum absolute atomic E-state index is 0.00449. The van der Waals surface area contributed by atoms with Crippen molar-refractivity contribution in [2.75, 3.05) is 11.9 Å². The number of nitrogens with two attached hydrogens (primary N) is 2. The van der Waals surface area contributed by atoms with E-state index < -0.39 is 47.4 Å². The summed E-state index contributed by atoms with van der Waals surface area (Å²) in [6.07, 6.45) is 1.51. The van der Waals surface area contributed by atoms with Gasteiger partial charge in [-0.2, -0.15) is 0 Å². The number of hydrogen-bond acceptors (Lipinski definition) is 9. The number of unbranched alkanes of at least 4 members (excludes halogenated alkanes) is 1. The molecule has 8 N–H and O–H groups in total. The molecule has 4 rings (SSSR count). The number of aryl methyl sites for hydroxylation is 2. The number of aliphatic hydroxyl groups excluding tert-OH is 1. The number of likely N-dealkylation sites (tertiary alicyclic amines) is 1. The second-order valence-corrected chi connectivity index (χ2v) is 15.7. The van der Waals surface area contributed by atoms with E-state index in [1.165, 1.54) is 4.90 Å². The fourth-order valence-electron chi connectivity index (χ4n) is 6.33. The summed E-state index contributed by atoms with van der Waals surface area (Å²) in [5, 5.41) is 19.3. The van der Waals surface area contributed by atoms with Crippen molar-refractivity contribution in [1.82, 2.24) is 20.5 Å². The number of amides is 5. The van der Waals surface area contributed by atoms with Crippen LogP contribution in [-0.4, -0.2) is 75.3 Å². The number of benzene rings is 2. The van der Waals surface area contributed by atoms with Crippen LogP contribution < -0.4 is 27.4 Å². The van der Waals surface area contributed by atoms with E-state index in [2.05, 4.69) is 20.9 Å². The van der Waals surface area contributed by atoms with Gasteiger partial charge in [-0.05, 0) is 73.8 Å². The van der Waals surface area contributed by atoms with Crippen molar-refractivity contribution in [3.05, 3.63) is 70.9 Å². The maximum absolute atomic E-state index is 14.0. The number of aromatic nitrogens is 1. The smallest absolute Gasteiger partial charge is 0.246 e. The van der Waals surface area contributed by atoms with Gasteiger partial charge in [-0.25, -0.2) is 4.98 Å². The molecule has 5 atom stereocenters. The van der Waals surface area contributed by atoms with Crippen molar-refractivity contribution in [2.24, 2.45) is 16.9 Å². The van der Waals surface area contributed by atoms with E-state index in [4.69, 9.17) is 11.5 Å². The molecule has 14 heteroatoms. The Kier molecular flexibility index (Phi) is 14.3. The van der Waals surface area contributed by atoms with Gasteiger partial charge in [0.1, 0.15) is 12.1 Å². The highest BCUT2D eigenvalue weighted by atomic mass is 32.1. The highest BCUT2D eigenvalue weighted by Gasteiger charge is 2.44. The van der Waals surface area contributed by atoms with E-state index in [-0.39, 0.29) is 50.1 Å². The topological polar surface area (TPSA) is 210 Å². The number of rotatable bonds is 16. The predicted molar refractivity (Wildman–Crippen MR) is 205 cm³/mol. The Morgan fingerprint density at radius 1 is 1.04 bits per heavy atom. The van der Waals surface area contributed by atoms with Crippen LogP contribution in [-0.2, 0) is 30.4 Å². The van der Waals surface area contributed by atoms with Crippen LogP contribution in [0.3, 0.4) is 0 Å². The van der Waals surface area contributed by atoms with Crippen molar-refractivity contribution >= 4 is 46.6 Å². The van der Waals surface area contributed by atoms with Crippen LogP contribution in [0.2, 0.25) is 0 Å². The SMILES string of the molecule is Cc1ncsc1-c1ccc([C@H](C)NC(=O)[C@@H]2C[C@@H](O)CN2C(=O)[C@@H](NC(=O)CCCCc2cccc(NC(=O)[C@@H](N)CCC(N)=O)c2)C(C)(C)C)cc1. The molecular formula is C39H53N7O6S. The summed E-state index contributed by atoms with van der Waals surface area (Å²) in [6.45, 7) is 9.40. The third-order valence-corrected chi connectivity index (χ3v) is 10.4. The summed E-state index contributed by atoms with van der Waals surface area (Å²) in [4.78, 5) is 70.9. The van der Waals surface area contributed by atoms with Crippen molar-refractivity contribution in [2.45, 2.75) is 110 Å². The molecule has 5 amide bonds. The Balaban J connectivity index is 1.30. The molecule has 13 nitrogen and oxygen atoms in total. The third kappa shape index (κ3) is 11.7. The fraction of sp³-hybridized carbons (Fsp3) is 0.487. The van der Waals surface area contributed by atoms with Crippen LogP contribution in [0.4, 0.5) is 5.69 Å². The first-order valence-corrected chi connectivity index (χ1v) is 18.9. The molecule has 1 aliphatic rings. The molecule has 1 aromatic heterocycles. The summed E-state index contributed by atoms with van der Waals surface area (Å²) in [6, 6.07) is 12.3. The van der Waals surface area contributed by atoms with Gasteiger partial charge in [0.25, 0.3) is 0 Å². The van der Waals surface area contributed by atoms with E-state index in [9.17, 15) is 29.1 Å². The van der Waals surface area contributed by atoms with Crippen LogP contribution in [0.15, 0.2) is 54.0 Å². The second-order valence-electron chi connectivity index (χ2n) is 14.9. The summed E-state index contributed by atoms with van der Waals surface area (Å²) >= 11 is 1.57. The Morgan fingerprint density at radius 3 is 2.40 bits per heavy atom. The van der Waals surface area contributed by atoms with Crippen molar-refractivity contribution in [3.8, 4) is 10.4 Å². The molecule has 0 unspecified atom stereocenters. The molecule has 2 aromatic carbocycles. The Bertz CT molecular complexity index is 1750. The highest BCUT2D eigenvalue weighted by molar-refractivity contribution is 7.13. The highest BCUT2D eigenvalue weighted by Crippen LogP contribution is 2.30. The lowest BCUT2D eigenvalue weighted by Crippen LogP contribution is -2.57. The number of β-amino-alcohol motifs (C(OH)–C–C–N with tert-alkyl or cyclic N) is 1. The van der Waals surface area contributed by atoms with E-state index in [0.717, 1.165) is 27.3 Å². The van der Waals surface area contributed by atoms with Crippen molar-refractivity contribution in [1.29, 1.82) is 0 Å². The number of aliphatic hydroxyl groups is 1. The minimum atomic E-state index is -0.912. The van der Waals surface area contributed by atoms with Crippen LogP contribution in [0, 0.1) is 12.3 Å². The molecule has 286 valence electrons. The largest absolute Gasteiger partial charge is 0.391 e. The maximum atomic E-state index is 14.0. The molecule has 3 aromatic rings. The van der Waals surface area contributed by atoms with Gasteiger partial charge in [0.2, 0.25) is 29.5 Å². The summed E-state index contributed by atoms with van der Waals surface area (Å²) in [5.41, 5.74) is 16.6. The van der Waals surface area contributed by atoms with Crippen LogP contribution in [0.5, 0.6) is 0 Å². The Hall–Kier alpha value is -4.66. The number of anilines is 1. The molecule has 0 saturated carbocycles. The number of thiazole rings is 1. The second kappa shape index (κ2) is 18.4.